The number of aromatic nitrogens is 2. The van der Waals surface area contributed by atoms with Gasteiger partial charge in [0.15, 0.2) is 0 Å². The molecule has 2 aromatic rings. The summed E-state index contributed by atoms with van der Waals surface area (Å²) in [6.45, 7) is 13.6. The molecule has 1 aliphatic rings. The molecule has 1 saturated heterocycles. The maximum Gasteiger partial charge on any atom is 0.211 e. The summed E-state index contributed by atoms with van der Waals surface area (Å²) in [4.78, 5) is 4.67. The number of sulfonamides is 1. The first-order chi connectivity index (χ1) is 14.5. The van der Waals surface area contributed by atoms with Gasteiger partial charge in [0.25, 0.3) is 0 Å². The molecule has 0 atom stereocenters. The molecule has 0 saturated carbocycles. The Labute approximate surface area is 185 Å². The van der Waals surface area contributed by atoms with E-state index in [9.17, 15) is 12.8 Å². The lowest BCUT2D eigenvalue weighted by Crippen LogP contribution is -2.49. The van der Waals surface area contributed by atoms with Crippen molar-refractivity contribution in [1.82, 2.24) is 19.0 Å². The molecule has 1 aromatic heterocycles. The minimum atomic E-state index is -3.40. The second-order valence-corrected chi connectivity index (χ2v) is 10.7. The van der Waals surface area contributed by atoms with E-state index < -0.39 is 10.0 Å². The van der Waals surface area contributed by atoms with E-state index in [1.807, 2.05) is 26.8 Å². The molecule has 0 spiro atoms. The van der Waals surface area contributed by atoms with Crippen LogP contribution in [0.25, 0.3) is 5.69 Å². The van der Waals surface area contributed by atoms with Crippen molar-refractivity contribution in [2.45, 2.75) is 53.2 Å². The molecule has 0 bridgehead atoms. The Hall–Kier alpha value is -1.97. The lowest BCUT2D eigenvalue weighted by atomic mass is 10.2. The average molecular weight is 452 g/mol. The Morgan fingerprint density at radius 3 is 2.29 bits per heavy atom. The van der Waals surface area contributed by atoms with Gasteiger partial charge < -0.3 is 4.90 Å². The SMILES string of the molecule is Cc1nn(-c2cccc(F)c2)c(N2CCN(C(C)C)CC2)c1CN(C(C)C)S(C)(=O)=O. The minimum absolute atomic E-state index is 0.183. The fourth-order valence-corrected chi connectivity index (χ4v) is 5.26. The van der Waals surface area contributed by atoms with Gasteiger partial charge in [-0.15, -0.1) is 0 Å². The number of aryl methyl sites for hydroxylation is 1. The number of benzene rings is 1. The Bertz CT molecular complexity index is 1010. The van der Waals surface area contributed by atoms with Crippen LogP contribution in [-0.2, 0) is 16.6 Å². The molecule has 172 valence electrons. The smallest absolute Gasteiger partial charge is 0.211 e. The van der Waals surface area contributed by atoms with Gasteiger partial charge in [0.05, 0.1) is 17.6 Å². The molecule has 1 aliphatic heterocycles. The molecular formula is C22H34FN5O2S. The molecule has 0 N–H and O–H groups in total. The molecule has 1 aromatic carbocycles. The van der Waals surface area contributed by atoms with Crippen molar-refractivity contribution in [3.63, 3.8) is 0 Å². The largest absolute Gasteiger partial charge is 0.354 e. The van der Waals surface area contributed by atoms with E-state index >= 15 is 0 Å². The van der Waals surface area contributed by atoms with Crippen LogP contribution in [0.15, 0.2) is 24.3 Å². The lowest BCUT2D eigenvalue weighted by molar-refractivity contribution is 0.208. The van der Waals surface area contributed by atoms with Crippen LogP contribution in [0.5, 0.6) is 0 Å². The van der Waals surface area contributed by atoms with Gasteiger partial charge in [0.2, 0.25) is 10.0 Å². The number of halogens is 1. The van der Waals surface area contributed by atoms with E-state index in [1.54, 1.807) is 10.7 Å². The molecule has 3 rings (SSSR count). The second kappa shape index (κ2) is 9.26. The van der Waals surface area contributed by atoms with Crippen LogP contribution < -0.4 is 4.90 Å². The van der Waals surface area contributed by atoms with Gasteiger partial charge in [0.1, 0.15) is 11.6 Å². The normalized spacial score (nSPS) is 16.1. The van der Waals surface area contributed by atoms with Crippen LogP contribution in [0.4, 0.5) is 10.2 Å². The van der Waals surface area contributed by atoms with Crippen molar-refractivity contribution in [3.05, 3.63) is 41.3 Å². The van der Waals surface area contributed by atoms with Crippen molar-refractivity contribution >= 4 is 15.8 Å². The maximum atomic E-state index is 14.0. The molecule has 31 heavy (non-hydrogen) atoms. The highest BCUT2D eigenvalue weighted by molar-refractivity contribution is 7.88. The highest BCUT2D eigenvalue weighted by Crippen LogP contribution is 2.31. The first kappa shape index (κ1) is 23.7. The van der Waals surface area contributed by atoms with E-state index in [0.717, 1.165) is 43.3 Å². The first-order valence-corrected chi connectivity index (χ1v) is 12.6. The number of rotatable bonds is 7. The monoisotopic (exact) mass is 451 g/mol. The average Bonchev–Trinajstić information content (AvgIpc) is 3.01. The third-order valence-corrected chi connectivity index (χ3v) is 7.27. The zero-order valence-corrected chi connectivity index (χ0v) is 20.2. The second-order valence-electron chi connectivity index (χ2n) is 8.80. The van der Waals surface area contributed by atoms with E-state index in [2.05, 4.69) is 23.6 Å². The Kier molecular flexibility index (Phi) is 7.08. The van der Waals surface area contributed by atoms with Gasteiger partial charge in [-0.1, -0.05) is 6.07 Å². The zero-order valence-electron chi connectivity index (χ0n) is 19.3. The van der Waals surface area contributed by atoms with E-state index in [0.29, 0.717) is 11.7 Å². The predicted molar refractivity (Wildman–Crippen MR) is 123 cm³/mol. The van der Waals surface area contributed by atoms with Crippen LogP contribution in [0, 0.1) is 12.7 Å². The zero-order chi connectivity index (χ0) is 22.9. The van der Waals surface area contributed by atoms with Gasteiger partial charge >= 0.3 is 0 Å². The standard InChI is InChI=1S/C22H34FN5O2S/c1-16(2)25-10-12-26(13-11-25)22-21(15-27(17(3)4)31(6,29)30)18(5)24-28(22)20-9-7-8-19(23)14-20/h7-9,14,16-17H,10-13,15H2,1-6H3. The van der Waals surface area contributed by atoms with Gasteiger partial charge in [-0.3, -0.25) is 4.90 Å². The fourth-order valence-electron chi connectivity index (χ4n) is 4.13. The summed E-state index contributed by atoms with van der Waals surface area (Å²) in [6.07, 6.45) is 1.24. The Morgan fingerprint density at radius 2 is 1.77 bits per heavy atom. The summed E-state index contributed by atoms with van der Waals surface area (Å²) in [5, 5.41) is 4.72. The Morgan fingerprint density at radius 1 is 1.13 bits per heavy atom. The number of hydrogen-bond donors (Lipinski definition) is 0. The molecule has 2 heterocycles. The van der Waals surface area contributed by atoms with Gasteiger partial charge in [0, 0.05) is 50.4 Å². The summed E-state index contributed by atoms with van der Waals surface area (Å²) in [5.74, 6) is 0.517. The third-order valence-electron chi connectivity index (χ3n) is 5.87. The number of anilines is 1. The molecule has 7 nitrogen and oxygen atoms in total. The van der Waals surface area contributed by atoms with Crippen molar-refractivity contribution in [3.8, 4) is 5.69 Å². The van der Waals surface area contributed by atoms with Crippen molar-refractivity contribution in [2.75, 3.05) is 37.3 Å². The van der Waals surface area contributed by atoms with Crippen LogP contribution in [0.1, 0.15) is 39.0 Å². The molecular weight excluding hydrogens is 417 g/mol. The summed E-state index contributed by atoms with van der Waals surface area (Å²) in [5.41, 5.74) is 2.24. The van der Waals surface area contributed by atoms with E-state index in [-0.39, 0.29) is 18.4 Å². The molecule has 0 amide bonds. The summed E-state index contributed by atoms with van der Waals surface area (Å²) in [7, 11) is -3.40. The van der Waals surface area contributed by atoms with E-state index in [4.69, 9.17) is 5.10 Å². The number of nitrogens with zero attached hydrogens (tertiary/aromatic N) is 5. The van der Waals surface area contributed by atoms with Crippen LogP contribution in [0.3, 0.4) is 0 Å². The Balaban J connectivity index is 2.08. The molecule has 0 radical (unpaired) electrons. The quantitative estimate of drug-likeness (QED) is 0.648. The first-order valence-electron chi connectivity index (χ1n) is 10.8. The number of piperazine rings is 1. The molecule has 0 unspecified atom stereocenters. The summed E-state index contributed by atoms with van der Waals surface area (Å²) >= 11 is 0. The van der Waals surface area contributed by atoms with Crippen molar-refractivity contribution in [2.24, 2.45) is 0 Å². The molecule has 1 fully saturated rings. The third kappa shape index (κ3) is 5.27. The fraction of sp³-hybridized carbons (Fsp3) is 0.591. The number of hydrogen-bond acceptors (Lipinski definition) is 5. The van der Waals surface area contributed by atoms with Crippen LogP contribution in [0.2, 0.25) is 0 Å². The molecule has 0 aliphatic carbocycles. The van der Waals surface area contributed by atoms with Crippen LogP contribution in [-0.4, -0.2) is 71.9 Å². The summed E-state index contributed by atoms with van der Waals surface area (Å²) in [6, 6.07) is 6.64. The predicted octanol–water partition coefficient (Wildman–Crippen LogP) is 3.02. The maximum absolute atomic E-state index is 14.0. The van der Waals surface area contributed by atoms with Gasteiger partial charge in [-0.2, -0.15) is 9.40 Å². The van der Waals surface area contributed by atoms with Gasteiger partial charge in [-0.05, 0) is 52.8 Å². The van der Waals surface area contributed by atoms with Crippen molar-refractivity contribution < 1.29 is 12.8 Å². The highest BCUT2D eigenvalue weighted by Gasteiger charge is 2.30. The van der Waals surface area contributed by atoms with Gasteiger partial charge in [-0.25, -0.2) is 17.5 Å². The van der Waals surface area contributed by atoms with Crippen LogP contribution >= 0.6 is 0 Å². The minimum Gasteiger partial charge on any atom is -0.354 e. The van der Waals surface area contributed by atoms with Crippen molar-refractivity contribution in [1.29, 1.82) is 0 Å². The van der Waals surface area contributed by atoms with E-state index in [1.165, 1.54) is 22.7 Å². The summed E-state index contributed by atoms with van der Waals surface area (Å²) < 4.78 is 42.1. The lowest BCUT2D eigenvalue weighted by Gasteiger charge is -2.38. The molecule has 9 heteroatoms. The highest BCUT2D eigenvalue weighted by atomic mass is 32.2. The topological polar surface area (TPSA) is 61.7 Å².